The van der Waals surface area contributed by atoms with Crippen molar-refractivity contribution in [2.75, 3.05) is 24.2 Å². The second-order valence-electron chi connectivity index (χ2n) is 6.76. The standard InChI is InChI=1S/C20H23ClN6O3S2/c1-4-26(5-2)32(29,30)18-12-16(9-6-14(18)3)22-19(28)13-31-20-23-24-25-27(20)17-10-7-15(21)8-11-17/h6-12H,4-5,13H2,1-3H3,(H,22,28). The van der Waals surface area contributed by atoms with Crippen molar-refractivity contribution in [3.05, 3.63) is 53.1 Å². The fourth-order valence-electron chi connectivity index (χ4n) is 3.00. The summed E-state index contributed by atoms with van der Waals surface area (Å²) >= 11 is 7.08. The number of carbonyl (C=O) groups is 1. The van der Waals surface area contributed by atoms with Gasteiger partial charge in [-0.3, -0.25) is 4.79 Å². The van der Waals surface area contributed by atoms with Crippen LogP contribution in [0, 0.1) is 6.92 Å². The molecule has 9 nitrogen and oxygen atoms in total. The molecule has 1 N–H and O–H groups in total. The first-order chi connectivity index (χ1) is 15.3. The van der Waals surface area contributed by atoms with E-state index in [0.717, 1.165) is 11.8 Å². The maximum absolute atomic E-state index is 12.9. The van der Waals surface area contributed by atoms with Crippen LogP contribution in [-0.4, -0.2) is 57.7 Å². The lowest BCUT2D eigenvalue weighted by molar-refractivity contribution is -0.113. The minimum Gasteiger partial charge on any atom is -0.325 e. The molecule has 0 radical (unpaired) electrons. The number of hydrogen-bond acceptors (Lipinski definition) is 7. The zero-order valence-electron chi connectivity index (χ0n) is 17.8. The monoisotopic (exact) mass is 494 g/mol. The Kier molecular flexibility index (Phi) is 7.88. The van der Waals surface area contributed by atoms with Gasteiger partial charge in [-0.15, -0.1) is 5.10 Å². The molecule has 170 valence electrons. The summed E-state index contributed by atoms with van der Waals surface area (Å²) in [5, 5.41) is 15.4. The third-order valence-corrected chi connectivity index (χ3v) is 8.00. The van der Waals surface area contributed by atoms with Gasteiger partial charge in [-0.2, -0.15) is 8.99 Å². The van der Waals surface area contributed by atoms with Crippen LogP contribution in [0.4, 0.5) is 5.69 Å². The summed E-state index contributed by atoms with van der Waals surface area (Å²) in [6.07, 6.45) is 0. The molecule has 0 aliphatic carbocycles. The first kappa shape index (κ1) is 24.2. The van der Waals surface area contributed by atoms with Gasteiger partial charge in [0, 0.05) is 23.8 Å². The number of nitrogens with zero attached hydrogens (tertiary/aromatic N) is 5. The Labute approximate surface area is 196 Å². The molecule has 32 heavy (non-hydrogen) atoms. The van der Waals surface area contributed by atoms with Crippen LogP contribution < -0.4 is 5.32 Å². The van der Waals surface area contributed by atoms with Gasteiger partial charge in [0.25, 0.3) is 0 Å². The van der Waals surface area contributed by atoms with Crippen molar-refractivity contribution in [2.24, 2.45) is 0 Å². The summed E-state index contributed by atoms with van der Waals surface area (Å²) in [6.45, 7) is 6.05. The zero-order valence-corrected chi connectivity index (χ0v) is 20.2. The lowest BCUT2D eigenvalue weighted by Gasteiger charge is -2.20. The van der Waals surface area contributed by atoms with E-state index < -0.39 is 10.0 Å². The summed E-state index contributed by atoms with van der Waals surface area (Å²) in [4.78, 5) is 12.7. The highest BCUT2D eigenvalue weighted by Crippen LogP contribution is 2.24. The van der Waals surface area contributed by atoms with Crippen LogP contribution in [0.15, 0.2) is 52.5 Å². The summed E-state index contributed by atoms with van der Waals surface area (Å²) in [5.74, 6) is -0.268. The van der Waals surface area contributed by atoms with E-state index in [4.69, 9.17) is 11.6 Å². The molecule has 0 saturated carbocycles. The van der Waals surface area contributed by atoms with Crippen LogP contribution >= 0.6 is 23.4 Å². The Morgan fingerprint density at radius 3 is 2.50 bits per heavy atom. The van der Waals surface area contributed by atoms with Crippen LogP contribution in [0.25, 0.3) is 5.69 Å². The van der Waals surface area contributed by atoms with Crippen molar-refractivity contribution in [3.8, 4) is 5.69 Å². The largest absolute Gasteiger partial charge is 0.325 e. The molecule has 0 fully saturated rings. The van der Waals surface area contributed by atoms with E-state index in [9.17, 15) is 13.2 Å². The van der Waals surface area contributed by atoms with Gasteiger partial charge in [-0.25, -0.2) is 8.42 Å². The SMILES string of the molecule is CCN(CC)S(=O)(=O)c1cc(NC(=O)CSc2nnnn2-c2ccc(Cl)cc2)ccc1C. The number of aryl methyl sites for hydroxylation is 1. The lowest BCUT2D eigenvalue weighted by Crippen LogP contribution is -2.31. The number of halogens is 1. The van der Waals surface area contributed by atoms with Gasteiger partial charge in [0.05, 0.1) is 16.3 Å². The van der Waals surface area contributed by atoms with Gasteiger partial charge in [0.15, 0.2) is 0 Å². The van der Waals surface area contributed by atoms with Crippen LogP contribution in [0.3, 0.4) is 0 Å². The van der Waals surface area contributed by atoms with Crippen molar-refractivity contribution >= 4 is 45.0 Å². The smallest absolute Gasteiger partial charge is 0.243 e. The average Bonchev–Trinajstić information content (AvgIpc) is 3.23. The molecule has 1 heterocycles. The molecular formula is C20H23ClN6O3S2. The van der Waals surface area contributed by atoms with Crippen molar-refractivity contribution in [3.63, 3.8) is 0 Å². The summed E-state index contributed by atoms with van der Waals surface area (Å²) in [7, 11) is -3.64. The summed E-state index contributed by atoms with van der Waals surface area (Å²) in [6, 6.07) is 11.8. The highest BCUT2D eigenvalue weighted by molar-refractivity contribution is 7.99. The number of hydrogen-bond donors (Lipinski definition) is 1. The van der Waals surface area contributed by atoms with Gasteiger partial charge in [0.2, 0.25) is 21.1 Å². The number of nitrogens with one attached hydrogen (secondary N) is 1. The molecule has 3 aromatic rings. The van der Waals surface area contributed by atoms with E-state index >= 15 is 0 Å². The summed E-state index contributed by atoms with van der Waals surface area (Å²) in [5.41, 5.74) is 1.74. The lowest BCUT2D eigenvalue weighted by atomic mass is 10.2. The van der Waals surface area contributed by atoms with Crippen LogP contribution in [0.1, 0.15) is 19.4 Å². The van der Waals surface area contributed by atoms with Crippen LogP contribution in [-0.2, 0) is 14.8 Å². The number of thioether (sulfide) groups is 1. The average molecular weight is 495 g/mol. The van der Waals surface area contributed by atoms with Gasteiger partial charge in [-0.1, -0.05) is 43.3 Å². The molecule has 0 aliphatic rings. The Morgan fingerprint density at radius 1 is 1.16 bits per heavy atom. The van der Waals surface area contributed by atoms with E-state index in [1.165, 1.54) is 15.1 Å². The predicted octanol–water partition coefficient (Wildman–Crippen LogP) is 3.39. The van der Waals surface area contributed by atoms with E-state index in [-0.39, 0.29) is 16.6 Å². The van der Waals surface area contributed by atoms with Gasteiger partial charge >= 0.3 is 0 Å². The molecule has 0 saturated heterocycles. The molecule has 1 amide bonds. The molecule has 3 rings (SSSR count). The molecule has 12 heteroatoms. The molecule has 0 bridgehead atoms. The molecule has 1 aromatic heterocycles. The third-order valence-electron chi connectivity index (χ3n) is 4.64. The van der Waals surface area contributed by atoms with Gasteiger partial charge in [0.1, 0.15) is 0 Å². The van der Waals surface area contributed by atoms with E-state index in [1.54, 1.807) is 57.2 Å². The van der Waals surface area contributed by atoms with Crippen molar-refractivity contribution in [1.29, 1.82) is 0 Å². The molecule has 0 aliphatic heterocycles. The summed E-state index contributed by atoms with van der Waals surface area (Å²) < 4.78 is 28.7. The second-order valence-corrected chi connectivity index (χ2v) is 10.0. The van der Waals surface area contributed by atoms with Crippen LogP contribution in [0.5, 0.6) is 0 Å². The maximum Gasteiger partial charge on any atom is 0.243 e. The number of sulfonamides is 1. The number of benzene rings is 2. The van der Waals surface area contributed by atoms with Gasteiger partial charge in [-0.05, 0) is 59.3 Å². The van der Waals surface area contributed by atoms with E-state index in [1.807, 2.05) is 0 Å². The number of carbonyl (C=O) groups excluding carboxylic acids is 1. The minimum absolute atomic E-state index is 0.0416. The Hall–Kier alpha value is -2.47. The van der Waals surface area contributed by atoms with Crippen molar-refractivity contribution < 1.29 is 13.2 Å². The number of rotatable bonds is 9. The fourth-order valence-corrected chi connectivity index (χ4v) is 5.52. The zero-order chi connectivity index (χ0) is 23.3. The third kappa shape index (κ3) is 5.47. The molecular weight excluding hydrogens is 472 g/mol. The Balaban J connectivity index is 1.70. The number of tetrazole rings is 1. The van der Waals surface area contributed by atoms with Crippen molar-refractivity contribution in [2.45, 2.75) is 30.8 Å². The molecule has 0 atom stereocenters. The first-order valence-corrected chi connectivity index (χ1v) is 12.6. The Bertz CT molecular complexity index is 1190. The molecule has 0 spiro atoms. The quantitative estimate of drug-likeness (QED) is 0.454. The first-order valence-electron chi connectivity index (χ1n) is 9.84. The van der Waals surface area contributed by atoms with E-state index in [2.05, 4.69) is 20.8 Å². The minimum atomic E-state index is -3.64. The highest BCUT2D eigenvalue weighted by Gasteiger charge is 2.24. The van der Waals surface area contributed by atoms with Crippen molar-refractivity contribution in [1.82, 2.24) is 24.5 Å². The predicted molar refractivity (Wildman–Crippen MR) is 125 cm³/mol. The molecule has 2 aromatic carbocycles. The number of aromatic nitrogens is 4. The van der Waals surface area contributed by atoms with Crippen LogP contribution in [0.2, 0.25) is 5.02 Å². The fraction of sp³-hybridized carbons (Fsp3) is 0.300. The topological polar surface area (TPSA) is 110 Å². The molecule has 0 unspecified atom stereocenters. The Morgan fingerprint density at radius 2 is 1.84 bits per heavy atom. The van der Waals surface area contributed by atoms with E-state index in [0.29, 0.717) is 40.2 Å². The number of anilines is 1. The maximum atomic E-state index is 12.9. The normalized spacial score (nSPS) is 11.7. The second kappa shape index (κ2) is 10.4. The highest BCUT2D eigenvalue weighted by atomic mass is 35.5. The van der Waals surface area contributed by atoms with Gasteiger partial charge < -0.3 is 5.32 Å². The number of amides is 1.